The molecule has 3 heteroatoms. The highest BCUT2D eigenvalue weighted by Gasteiger charge is 2.50. The maximum absolute atomic E-state index is 10.7. The molecule has 0 bridgehead atoms. The van der Waals surface area contributed by atoms with E-state index in [9.17, 15) is 5.11 Å². The Morgan fingerprint density at radius 1 is 0.862 bits per heavy atom. The molecule has 0 saturated heterocycles. The smallest absolute Gasteiger partial charge is 0.261 e. The molecule has 3 atom stereocenters. The van der Waals surface area contributed by atoms with Gasteiger partial charge in [-0.2, -0.15) is 0 Å². The van der Waals surface area contributed by atoms with Crippen molar-refractivity contribution in [3.05, 3.63) is 60.7 Å². The summed E-state index contributed by atoms with van der Waals surface area (Å²) in [6.45, 7) is 14.1. The summed E-state index contributed by atoms with van der Waals surface area (Å²) in [5.41, 5.74) is 0. The van der Waals surface area contributed by atoms with Gasteiger partial charge in [0.15, 0.2) is 0 Å². The third kappa shape index (κ3) is 5.81. The summed E-state index contributed by atoms with van der Waals surface area (Å²) < 4.78 is 6.96. The van der Waals surface area contributed by atoms with E-state index < -0.39 is 8.32 Å². The molecule has 29 heavy (non-hydrogen) atoms. The van der Waals surface area contributed by atoms with E-state index in [0.29, 0.717) is 12.5 Å². The first-order chi connectivity index (χ1) is 13.7. The molecule has 0 unspecified atom stereocenters. The minimum Gasteiger partial charge on any atom is -0.407 e. The SMILES string of the molecule is CC[C@H](C)CC[C@@H](O)[C@H](C)CO[Si](c1ccccc1)(c1ccccc1)C(C)(C)C. The molecule has 0 spiro atoms. The van der Waals surface area contributed by atoms with Gasteiger partial charge in [-0.15, -0.1) is 0 Å². The van der Waals surface area contributed by atoms with Crippen molar-refractivity contribution in [1.29, 1.82) is 0 Å². The minimum absolute atomic E-state index is 0.0307. The van der Waals surface area contributed by atoms with Gasteiger partial charge in [-0.1, -0.05) is 109 Å². The number of rotatable bonds is 10. The van der Waals surface area contributed by atoms with Crippen LogP contribution in [0.2, 0.25) is 5.04 Å². The van der Waals surface area contributed by atoms with Crippen molar-refractivity contribution >= 4 is 18.7 Å². The van der Waals surface area contributed by atoms with E-state index in [1.54, 1.807) is 0 Å². The van der Waals surface area contributed by atoms with Gasteiger partial charge in [-0.25, -0.2) is 0 Å². The standard InChI is InChI=1S/C26H40O2Si/c1-7-21(2)18-19-25(27)22(3)20-28-29(26(4,5)6,23-14-10-8-11-15-23)24-16-12-9-13-17-24/h8-17,21-22,25,27H,7,18-20H2,1-6H3/t21-,22+,25+/m0/s1. The third-order valence-corrected chi connectivity index (χ3v) is 11.3. The number of aliphatic hydroxyl groups excluding tert-OH is 1. The maximum atomic E-state index is 10.7. The Kier molecular flexibility index (Phi) is 8.68. The van der Waals surface area contributed by atoms with Crippen LogP contribution in [0.3, 0.4) is 0 Å². The van der Waals surface area contributed by atoms with Crippen molar-refractivity contribution in [2.75, 3.05) is 6.61 Å². The van der Waals surface area contributed by atoms with Crippen LogP contribution in [0, 0.1) is 11.8 Å². The monoisotopic (exact) mass is 412 g/mol. The molecule has 2 nitrogen and oxygen atoms in total. The Labute approximate surface area is 179 Å². The van der Waals surface area contributed by atoms with Crippen LogP contribution in [0.25, 0.3) is 0 Å². The average Bonchev–Trinajstić information content (AvgIpc) is 2.72. The summed E-state index contributed by atoms with van der Waals surface area (Å²) in [6, 6.07) is 21.4. The lowest BCUT2D eigenvalue weighted by molar-refractivity contribution is 0.0696. The lowest BCUT2D eigenvalue weighted by Gasteiger charge is -2.43. The molecule has 2 rings (SSSR count). The number of aliphatic hydroxyl groups is 1. The van der Waals surface area contributed by atoms with Crippen LogP contribution in [-0.2, 0) is 4.43 Å². The number of benzene rings is 2. The first-order valence-electron chi connectivity index (χ1n) is 11.2. The number of hydrogen-bond acceptors (Lipinski definition) is 2. The molecule has 2 aromatic rings. The average molecular weight is 413 g/mol. The summed E-state index contributed by atoms with van der Waals surface area (Å²) in [5.74, 6) is 0.773. The lowest BCUT2D eigenvalue weighted by Crippen LogP contribution is -2.67. The zero-order chi connectivity index (χ0) is 21.5. The van der Waals surface area contributed by atoms with Crippen molar-refractivity contribution in [2.24, 2.45) is 11.8 Å². The predicted octanol–water partition coefficient (Wildman–Crippen LogP) is 5.39. The van der Waals surface area contributed by atoms with Crippen LogP contribution in [0.15, 0.2) is 60.7 Å². The van der Waals surface area contributed by atoms with E-state index in [2.05, 4.69) is 102 Å². The van der Waals surface area contributed by atoms with Crippen molar-refractivity contribution in [2.45, 2.75) is 71.9 Å². The van der Waals surface area contributed by atoms with Crippen molar-refractivity contribution in [3.63, 3.8) is 0 Å². The zero-order valence-corrected chi connectivity index (χ0v) is 20.2. The van der Waals surface area contributed by atoms with Gasteiger partial charge in [0, 0.05) is 12.5 Å². The van der Waals surface area contributed by atoms with Gasteiger partial charge in [-0.05, 0) is 34.2 Å². The molecule has 0 heterocycles. The molecule has 0 aliphatic rings. The van der Waals surface area contributed by atoms with E-state index in [1.165, 1.54) is 16.8 Å². The van der Waals surface area contributed by atoms with Gasteiger partial charge in [0.25, 0.3) is 8.32 Å². The Morgan fingerprint density at radius 3 is 1.76 bits per heavy atom. The molecule has 0 fully saturated rings. The minimum atomic E-state index is -2.52. The van der Waals surface area contributed by atoms with Crippen LogP contribution in [0.4, 0.5) is 0 Å². The summed E-state index contributed by atoms with van der Waals surface area (Å²) in [7, 11) is -2.52. The lowest BCUT2D eigenvalue weighted by atomic mass is 9.95. The van der Waals surface area contributed by atoms with E-state index in [-0.39, 0.29) is 17.1 Å². The second kappa shape index (κ2) is 10.6. The summed E-state index contributed by atoms with van der Waals surface area (Å²) in [6.07, 6.45) is 2.77. The quantitative estimate of drug-likeness (QED) is 0.530. The highest BCUT2D eigenvalue weighted by atomic mass is 28.4. The van der Waals surface area contributed by atoms with E-state index in [4.69, 9.17) is 4.43 Å². The highest BCUT2D eigenvalue weighted by Crippen LogP contribution is 2.37. The van der Waals surface area contributed by atoms with E-state index in [0.717, 1.165) is 12.8 Å². The fourth-order valence-corrected chi connectivity index (χ4v) is 8.74. The second-order valence-corrected chi connectivity index (χ2v) is 13.9. The van der Waals surface area contributed by atoms with Crippen molar-refractivity contribution in [1.82, 2.24) is 0 Å². The topological polar surface area (TPSA) is 29.5 Å². The van der Waals surface area contributed by atoms with Crippen LogP contribution in [-0.4, -0.2) is 26.1 Å². The molecule has 0 saturated carbocycles. The zero-order valence-electron chi connectivity index (χ0n) is 19.2. The maximum Gasteiger partial charge on any atom is 0.261 e. The molecule has 0 aromatic heterocycles. The molecule has 0 radical (unpaired) electrons. The van der Waals surface area contributed by atoms with E-state index >= 15 is 0 Å². The fourth-order valence-electron chi connectivity index (χ4n) is 4.07. The van der Waals surface area contributed by atoms with Gasteiger partial charge < -0.3 is 9.53 Å². The Bertz CT molecular complexity index is 669. The number of hydrogen-bond donors (Lipinski definition) is 1. The van der Waals surface area contributed by atoms with Crippen LogP contribution in [0.1, 0.15) is 60.8 Å². The van der Waals surface area contributed by atoms with Crippen LogP contribution >= 0.6 is 0 Å². The summed E-state index contributed by atoms with van der Waals surface area (Å²) in [4.78, 5) is 0. The summed E-state index contributed by atoms with van der Waals surface area (Å²) >= 11 is 0. The summed E-state index contributed by atoms with van der Waals surface area (Å²) in [5, 5.41) is 13.3. The Morgan fingerprint density at radius 2 is 1.34 bits per heavy atom. The van der Waals surface area contributed by atoms with Gasteiger partial charge >= 0.3 is 0 Å². The third-order valence-electron chi connectivity index (χ3n) is 6.29. The van der Waals surface area contributed by atoms with Gasteiger partial charge in [0.2, 0.25) is 0 Å². The Balaban J connectivity index is 2.32. The van der Waals surface area contributed by atoms with Crippen molar-refractivity contribution < 1.29 is 9.53 Å². The second-order valence-electron chi connectivity index (χ2n) is 9.61. The molecule has 0 amide bonds. The fraction of sp³-hybridized carbons (Fsp3) is 0.538. The predicted molar refractivity (Wildman–Crippen MR) is 127 cm³/mol. The first-order valence-corrected chi connectivity index (χ1v) is 13.1. The molecular formula is C26H40O2Si. The largest absolute Gasteiger partial charge is 0.407 e. The van der Waals surface area contributed by atoms with Crippen LogP contribution < -0.4 is 10.4 Å². The molecule has 0 aliphatic carbocycles. The van der Waals surface area contributed by atoms with Crippen LogP contribution in [0.5, 0.6) is 0 Å². The molecule has 160 valence electrons. The van der Waals surface area contributed by atoms with Gasteiger partial charge in [0.05, 0.1) is 6.10 Å². The molecule has 1 N–H and O–H groups in total. The first kappa shape index (κ1) is 23.9. The molecule has 0 aliphatic heterocycles. The van der Waals surface area contributed by atoms with Crippen molar-refractivity contribution in [3.8, 4) is 0 Å². The Hall–Kier alpha value is -1.42. The normalized spacial score (nSPS) is 15.7. The molecular weight excluding hydrogens is 372 g/mol. The highest BCUT2D eigenvalue weighted by molar-refractivity contribution is 6.99. The van der Waals surface area contributed by atoms with Gasteiger partial charge in [0.1, 0.15) is 0 Å². The molecule has 2 aromatic carbocycles. The van der Waals surface area contributed by atoms with E-state index in [1.807, 2.05) is 0 Å². The van der Waals surface area contributed by atoms with Gasteiger partial charge in [-0.3, -0.25) is 0 Å².